The van der Waals surface area contributed by atoms with Gasteiger partial charge in [0.2, 0.25) is 11.8 Å². The zero-order chi connectivity index (χ0) is 24.9. The zero-order valence-corrected chi connectivity index (χ0v) is 20.4. The molecule has 0 radical (unpaired) electrons. The summed E-state index contributed by atoms with van der Waals surface area (Å²) >= 11 is 12.2. The second-order valence-corrected chi connectivity index (χ2v) is 9.42. The second kappa shape index (κ2) is 11.4. The molecule has 0 bridgehead atoms. The number of halogens is 5. The van der Waals surface area contributed by atoms with E-state index in [4.69, 9.17) is 32.4 Å². The summed E-state index contributed by atoms with van der Waals surface area (Å²) in [5, 5.41) is 5.01. The lowest BCUT2D eigenvalue weighted by Crippen LogP contribution is -2.53. The van der Waals surface area contributed by atoms with Crippen molar-refractivity contribution in [1.82, 2.24) is 19.6 Å². The number of benzene rings is 1. The highest BCUT2D eigenvalue weighted by atomic mass is 35.5. The van der Waals surface area contributed by atoms with Crippen molar-refractivity contribution in [3.63, 3.8) is 0 Å². The fourth-order valence-corrected chi connectivity index (χ4v) is 5.12. The van der Waals surface area contributed by atoms with Crippen LogP contribution in [0.25, 0.3) is 0 Å². The Morgan fingerprint density at radius 2 is 1.59 bits per heavy atom. The van der Waals surface area contributed by atoms with Gasteiger partial charge in [-0.15, -0.1) is 0 Å². The molecule has 3 heterocycles. The minimum atomic E-state index is -0.771. The normalized spacial score (nSPS) is 17.4. The van der Waals surface area contributed by atoms with Gasteiger partial charge in [-0.2, -0.15) is 5.10 Å². The van der Waals surface area contributed by atoms with Gasteiger partial charge in [0.05, 0.1) is 16.1 Å². The fraction of sp³-hybridized carbons (Fsp3) is 0.522. The van der Waals surface area contributed by atoms with Crippen molar-refractivity contribution in [3.8, 4) is 0 Å². The molecule has 0 unspecified atom stereocenters. The number of piperidine rings is 1. The van der Waals surface area contributed by atoms with Gasteiger partial charge in [-0.1, -0.05) is 35.3 Å². The van der Waals surface area contributed by atoms with Crippen LogP contribution < -0.4 is 0 Å². The Bertz CT molecular complexity index is 1000. The first-order chi connectivity index (χ1) is 16.4. The van der Waals surface area contributed by atoms with Gasteiger partial charge in [0.1, 0.15) is 18.9 Å². The first kappa shape index (κ1) is 26.3. The summed E-state index contributed by atoms with van der Waals surface area (Å²) in [5.41, 5.74) is 1.02. The summed E-state index contributed by atoms with van der Waals surface area (Å²) in [5.74, 6) is 0.0303. The lowest BCUT2D eigenvalue weighted by molar-refractivity contribution is -0.142. The number of amides is 2. The highest BCUT2D eigenvalue weighted by Crippen LogP contribution is 2.39. The second-order valence-electron chi connectivity index (χ2n) is 8.61. The molecular formula is C23H27Cl2F3N4O2. The van der Waals surface area contributed by atoms with Gasteiger partial charge >= 0.3 is 0 Å². The molecule has 0 aliphatic carbocycles. The Labute approximate surface area is 206 Å². The van der Waals surface area contributed by atoms with Gasteiger partial charge in [0.15, 0.2) is 0 Å². The van der Waals surface area contributed by atoms with Crippen molar-refractivity contribution in [1.29, 1.82) is 0 Å². The highest BCUT2D eigenvalue weighted by Gasteiger charge is 2.46. The molecule has 34 heavy (non-hydrogen) atoms. The van der Waals surface area contributed by atoms with Crippen LogP contribution in [0.2, 0.25) is 10.0 Å². The summed E-state index contributed by atoms with van der Waals surface area (Å²) in [6, 6.07) is 7.50. The molecule has 1 aromatic carbocycles. The van der Waals surface area contributed by atoms with Crippen LogP contribution in [0, 0.1) is 6.92 Å². The molecule has 0 spiro atoms. The largest absolute Gasteiger partial charge is 0.342 e. The predicted octanol–water partition coefficient (Wildman–Crippen LogP) is 4.99. The van der Waals surface area contributed by atoms with Crippen molar-refractivity contribution in [2.75, 3.05) is 26.2 Å². The number of aromatic nitrogens is 2. The Morgan fingerprint density at radius 3 is 2.12 bits per heavy atom. The number of hydrogen-bond donors (Lipinski definition) is 0. The maximum atomic E-state index is 13.6. The molecule has 4 rings (SSSR count). The summed E-state index contributed by atoms with van der Waals surface area (Å²) in [6.45, 7) is 3.45. The van der Waals surface area contributed by atoms with Gasteiger partial charge in [-0.05, 0) is 50.3 Å². The molecule has 1 aromatic heterocycles. The standard InChI is InChI=1S/C23H27Cl2FN4O2.F2/c1-16-21(25)19(14-26)27-30(16)15-20(31)28-12-8-23(9-13-28,17-4-6-18(24)7-5-17)22(32)29-10-2-3-11-29;1-2/h4-7H,2-3,8-15H2,1H3;. The lowest BCUT2D eigenvalue weighted by atomic mass is 9.71. The number of likely N-dealkylation sites (tertiary alicyclic amines) is 2. The van der Waals surface area contributed by atoms with Crippen LogP contribution in [-0.4, -0.2) is 57.6 Å². The number of hydrogen-bond acceptors (Lipinski definition) is 3. The van der Waals surface area contributed by atoms with Gasteiger partial charge in [0, 0.05) is 40.4 Å². The number of alkyl halides is 1. The van der Waals surface area contributed by atoms with E-state index in [-0.39, 0.29) is 29.1 Å². The SMILES string of the molecule is Cc1c(Cl)c(CF)nn1CC(=O)N1CCC(C(=O)N2CCCC2)(c2ccc(Cl)cc2)CC1.FF. The van der Waals surface area contributed by atoms with Gasteiger partial charge in [-0.3, -0.25) is 14.3 Å². The van der Waals surface area contributed by atoms with Gasteiger partial charge < -0.3 is 9.80 Å². The average Bonchev–Trinajstić information content (AvgIpc) is 3.50. The number of nitrogens with zero attached hydrogens (tertiary/aromatic N) is 4. The van der Waals surface area contributed by atoms with Crippen molar-refractivity contribution < 1.29 is 23.1 Å². The van der Waals surface area contributed by atoms with E-state index in [1.807, 2.05) is 29.2 Å². The molecule has 186 valence electrons. The van der Waals surface area contributed by atoms with Gasteiger partial charge in [-0.25, -0.2) is 4.39 Å². The topological polar surface area (TPSA) is 58.4 Å². The smallest absolute Gasteiger partial charge is 0.244 e. The lowest BCUT2D eigenvalue weighted by Gasteiger charge is -2.43. The zero-order valence-electron chi connectivity index (χ0n) is 18.9. The number of rotatable bonds is 5. The van der Waals surface area contributed by atoms with E-state index in [0.29, 0.717) is 36.6 Å². The molecule has 2 aromatic rings. The monoisotopic (exact) mass is 518 g/mol. The first-order valence-electron chi connectivity index (χ1n) is 11.1. The third-order valence-electron chi connectivity index (χ3n) is 6.78. The van der Waals surface area contributed by atoms with E-state index < -0.39 is 12.1 Å². The quantitative estimate of drug-likeness (QED) is 0.560. The minimum Gasteiger partial charge on any atom is -0.342 e. The van der Waals surface area contributed by atoms with Crippen LogP contribution in [0.15, 0.2) is 24.3 Å². The molecule has 2 amide bonds. The van der Waals surface area contributed by atoms with Crippen LogP contribution >= 0.6 is 23.2 Å². The van der Waals surface area contributed by atoms with E-state index >= 15 is 0 Å². The third kappa shape index (κ3) is 5.20. The average molecular weight is 519 g/mol. The van der Waals surface area contributed by atoms with Crippen LogP contribution in [-0.2, 0) is 28.2 Å². The van der Waals surface area contributed by atoms with E-state index in [2.05, 4.69) is 5.10 Å². The molecule has 6 nitrogen and oxygen atoms in total. The van der Waals surface area contributed by atoms with Crippen LogP contribution in [0.4, 0.5) is 13.5 Å². The molecule has 2 saturated heterocycles. The Balaban J connectivity index is 0.00000158. The minimum absolute atomic E-state index is 0.000427. The maximum absolute atomic E-state index is 13.6. The fourth-order valence-electron chi connectivity index (χ4n) is 4.81. The molecule has 0 saturated carbocycles. The van der Waals surface area contributed by atoms with Crippen LogP contribution in [0.1, 0.15) is 42.6 Å². The molecule has 11 heteroatoms. The first-order valence-corrected chi connectivity index (χ1v) is 11.9. The maximum Gasteiger partial charge on any atom is 0.244 e. The third-order valence-corrected chi connectivity index (χ3v) is 7.52. The molecule has 0 atom stereocenters. The van der Waals surface area contributed by atoms with E-state index in [1.165, 1.54) is 4.68 Å². The number of carbonyl (C=O) groups is 2. The Morgan fingerprint density at radius 1 is 1.00 bits per heavy atom. The molecule has 2 aliphatic heterocycles. The van der Waals surface area contributed by atoms with E-state index in [1.54, 1.807) is 11.8 Å². The highest BCUT2D eigenvalue weighted by molar-refractivity contribution is 6.31. The van der Waals surface area contributed by atoms with Crippen LogP contribution in [0.5, 0.6) is 0 Å². The number of carbonyl (C=O) groups excluding carboxylic acids is 2. The van der Waals surface area contributed by atoms with E-state index in [0.717, 1.165) is 31.5 Å². The van der Waals surface area contributed by atoms with Crippen molar-refractivity contribution in [3.05, 3.63) is 51.3 Å². The van der Waals surface area contributed by atoms with Crippen molar-refractivity contribution in [2.45, 2.75) is 51.2 Å². The Kier molecular flexibility index (Phi) is 8.87. The summed E-state index contributed by atoms with van der Waals surface area (Å²) in [6.07, 6.45) is 3.15. The van der Waals surface area contributed by atoms with Crippen LogP contribution in [0.3, 0.4) is 0 Å². The Hall–Kier alpha value is -2.26. The van der Waals surface area contributed by atoms with E-state index in [9.17, 15) is 14.0 Å². The molecular weight excluding hydrogens is 492 g/mol. The van der Waals surface area contributed by atoms with Gasteiger partial charge in [0.25, 0.3) is 0 Å². The van der Waals surface area contributed by atoms with Crippen molar-refractivity contribution in [2.24, 2.45) is 0 Å². The summed E-state index contributed by atoms with van der Waals surface area (Å²) < 4.78 is 30.5. The molecule has 0 N–H and O–H groups in total. The molecule has 2 fully saturated rings. The molecule has 2 aliphatic rings. The van der Waals surface area contributed by atoms with Crippen molar-refractivity contribution >= 4 is 35.0 Å². The summed E-state index contributed by atoms with van der Waals surface area (Å²) in [4.78, 5) is 30.3. The summed E-state index contributed by atoms with van der Waals surface area (Å²) in [7, 11) is 0. The predicted molar refractivity (Wildman–Crippen MR) is 124 cm³/mol.